The normalized spacial score (nSPS) is 18.5. The summed E-state index contributed by atoms with van der Waals surface area (Å²) in [5.74, 6) is 0.156. The van der Waals surface area contributed by atoms with Gasteiger partial charge >= 0.3 is 6.18 Å². The first-order valence-electron chi connectivity index (χ1n) is 6.72. The number of rotatable bonds is 2. The van der Waals surface area contributed by atoms with E-state index in [1.165, 1.54) is 28.8 Å². The Bertz CT molecular complexity index is 716. The molecule has 1 amide bonds. The fourth-order valence-corrected chi connectivity index (χ4v) is 3.69. The maximum atomic E-state index is 12.7. The second kappa shape index (κ2) is 6.09. The molecule has 0 unspecified atom stereocenters. The summed E-state index contributed by atoms with van der Waals surface area (Å²) in [4.78, 5) is 13.7. The minimum Gasteiger partial charge on any atom is -0.295 e. The van der Waals surface area contributed by atoms with E-state index < -0.39 is 11.7 Å². The molecule has 0 N–H and O–H groups in total. The number of halogens is 4. The molecule has 0 aromatic heterocycles. The summed E-state index contributed by atoms with van der Waals surface area (Å²) in [6.07, 6.45) is -4.39. The van der Waals surface area contributed by atoms with E-state index in [9.17, 15) is 18.0 Å². The molecule has 23 heavy (non-hydrogen) atoms. The van der Waals surface area contributed by atoms with E-state index in [0.717, 1.165) is 17.7 Å². The number of thioether (sulfide) groups is 1. The summed E-state index contributed by atoms with van der Waals surface area (Å²) in [6.45, 7) is 0. The van der Waals surface area contributed by atoms with Gasteiger partial charge in [0, 0.05) is 10.7 Å². The molecule has 3 rings (SSSR count). The lowest BCUT2D eigenvalue weighted by Crippen LogP contribution is -2.27. The predicted molar refractivity (Wildman–Crippen MR) is 85.6 cm³/mol. The maximum Gasteiger partial charge on any atom is 0.416 e. The molecule has 1 heterocycles. The van der Waals surface area contributed by atoms with Crippen molar-refractivity contribution in [3.05, 3.63) is 64.7 Å². The number of carbonyl (C=O) groups excluding carboxylic acids is 1. The van der Waals surface area contributed by atoms with Gasteiger partial charge in [0.05, 0.1) is 11.3 Å². The lowest BCUT2D eigenvalue weighted by atomic mass is 10.1. The van der Waals surface area contributed by atoms with Crippen molar-refractivity contribution in [3.63, 3.8) is 0 Å². The predicted octanol–water partition coefficient (Wildman–Crippen LogP) is 5.14. The number of carbonyl (C=O) groups is 1. The van der Waals surface area contributed by atoms with Crippen molar-refractivity contribution < 1.29 is 18.0 Å². The topological polar surface area (TPSA) is 20.3 Å². The van der Waals surface area contributed by atoms with E-state index in [4.69, 9.17) is 11.6 Å². The Morgan fingerprint density at radius 2 is 1.65 bits per heavy atom. The highest BCUT2D eigenvalue weighted by Crippen LogP contribution is 2.42. The van der Waals surface area contributed by atoms with Crippen LogP contribution in [-0.4, -0.2) is 11.7 Å². The Labute approximate surface area is 140 Å². The number of hydrogen-bond acceptors (Lipinski definition) is 2. The van der Waals surface area contributed by atoms with E-state index in [-0.39, 0.29) is 17.0 Å². The summed E-state index contributed by atoms with van der Waals surface area (Å²) in [7, 11) is 0. The fourth-order valence-electron chi connectivity index (χ4n) is 2.39. The number of hydrogen-bond donors (Lipinski definition) is 0. The highest BCUT2D eigenvalue weighted by atomic mass is 35.5. The van der Waals surface area contributed by atoms with Gasteiger partial charge in [-0.15, -0.1) is 11.8 Å². The van der Waals surface area contributed by atoms with E-state index in [1.807, 2.05) is 12.1 Å². The molecular formula is C16H11ClF3NOS. The molecule has 0 aliphatic carbocycles. The van der Waals surface area contributed by atoms with Crippen molar-refractivity contribution in [1.82, 2.24) is 0 Å². The first-order chi connectivity index (χ1) is 10.9. The van der Waals surface area contributed by atoms with Crippen molar-refractivity contribution in [2.45, 2.75) is 11.6 Å². The third-order valence-corrected chi connectivity index (χ3v) is 4.96. The Morgan fingerprint density at radius 1 is 1.04 bits per heavy atom. The average molecular weight is 358 g/mol. The Hall–Kier alpha value is -1.66. The molecule has 1 aliphatic heterocycles. The number of nitrogens with zero attached hydrogens (tertiary/aromatic N) is 1. The largest absolute Gasteiger partial charge is 0.416 e. The van der Waals surface area contributed by atoms with Gasteiger partial charge in [0.15, 0.2) is 0 Å². The van der Waals surface area contributed by atoms with Gasteiger partial charge in [-0.05, 0) is 42.0 Å². The van der Waals surface area contributed by atoms with Crippen molar-refractivity contribution >= 4 is 35.0 Å². The molecule has 0 bridgehead atoms. The number of anilines is 1. The Kier molecular flexibility index (Phi) is 4.29. The monoisotopic (exact) mass is 357 g/mol. The van der Waals surface area contributed by atoms with Crippen molar-refractivity contribution in [3.8, 4) is 0 Å². The van der Waals surface area contributed by atoms with Gasteiger partial charge in [-0.2, -0.15) is 13.2 Å². The van der Waals surface area contributed by atoms with Gasteiger partial charge in [0.1, 0.15) is 5.37 Å². The minimum absolute atomic E-state index is 0.130. The second-order valence-corrected chi connectivity index (χ2v) is 6.53. The molecule has 0 spiro atoms. The second-order valence-electron chi connectivity index (χ2n) is 5.02. The highest BCUT2D eigenvalue weighted by Gasteiger charge is 2.35. The van der Waals surface area contributed by atoms with Crippen LogP contribution in [0.5, 0.6) is 0 Å². The molecule has 2 nitrogen and oxygen atoms in total. The fraction of sp³-hybridized carbons (Fsp3) is 0.188. The number of amides is 1. The summed E-state index contributed by atoms with van der Waals surface area (Å²) in [5.41, 5.74) is 0.599. The van der Waals surface area contributed by atoms with Crippen LogP contribution in [0.4, 0.5) is 18.9 Å². The molecule has 2 aromatic carbocycles. The van der Waals surface area contributed by atoms with Crippen LogP contribution in [0.1, 0.15) is 16.5 Å². The van der Waals surface area contributed by atoms with Gasteiger partial charge in [-0.1, -0.05) is 23.7 Å². The molecule has 1 saturated heterocycles. The third kappa shape index (κ3) is 3.33. The molecular weight excluding hydrogens is 347 g/mol. The van der Waals surface area contributed by atoms with E-state index in [2.05, 4.69) is 0 Å². The van der Waals surface area contributed by atoms with Gasteiger partial charge < -0.3 is 0 Å². The standard InChI is InChI=1S/C16H11ClF3NOS/c17-12-5-1-10(2-6-12)15-21(14(22)9-23-15)13-7-3-11(4-8-13)16(18,19)20/h1-8,15H,9H2/t15-/m1/s1. The molecule has 0 saturated carbocycles. The zero-order chi connectivity index (χ0) is 16.6. The van der Waals surface area contributed by atoms with Gasteiger partial charge in [0.2, 0.25) is 5.91 Å². The molecule has 1 aliphatic rings. The average Bonchev–Trinajstić information content (AvgIpc) is 2.89. The molecule has 1 atom stereocenters. The summed E-state index contributed by atoms with van der Waals surface area (Å²) in [5, 5.41) is 0.320. The first kappa shape index (κ1) is 16.2. The number of benzene rings is 2. The van der Waals surface area contributed by atoms with Crippen molar-refractivity contribution in [2.75, 3.05) is 10.7 Å². The molecule has 7 heteroatoms. The van der Waals surface area contributed by atoms with E-state index >= 15 is 0 Å². The van der Waals surface area contributed by atoms with Crippen molar-refractivity contribution in [1.29, 1.82) is 0 Å². The summed E-state index contributed by atoms with van der Waals surface area (Å²) in [6, 6.07) is 11.7. The SMILES string of the molecule is O=C1CS[C@H](c2ccc(Cl)cc2)N1c1ccc(C(F)(F)F)cc1. The van der Waals surface area contributed by atoms with Crippen LogP contribution in [0.2, 0.25) is 5.02 Å². The molecule has 2 aromatic rings. The van der Waals surface area contributed by atoms with Crippen LogP contribution in [0.15, 0.2) is 48.5 Å². The highest BCUT2D eigenvalue weighted by molar-refractivity contribution is 8.00. The Morgan fingerprint density at radius 3 is 2.22 bits per heavy atom. The van der Waals surface area contributed by atoms with Gasteiger partial charge in [0.25, 0.3) is 0 Å². The zero-order valence-corrected chi connectivity index (χ0v) is 13.3. The van der Waals surface area contributed by atoms with Crippen LogP contribution in [0, 0.1) is 0 Å². The quantitative estimate of drug-likeness (QED) is 0.742. The zero-order valence-electron chi connectivity index (χ0n) is 11.7. The lowest BCUT2D eigenvalue weighted by molar-refractivity contribution is -0.137. The molecule has 1 fully saturated rings. The van der Waals surface area contributed by atoms with E-state index in [1.54, 1.807) is 12.1 Å². The summed E-state index contributed by atoms with van der Waals surface area (Å²) < 4.78 is 38.0. The number of alkyl halides is 3. The Balaban J connectivity index is 1.92. The van der Waals surface area contributed by atoms with Crippen molar-refractivity contribution in [2.24, 2.45) is 0 Å². The van der Waals surface area contributed by atoms with Gasteiger partial charge in [-0.25, -0.2) is 0 Å². The lowest BCUT2D eigenvalue weighted by Gasteiger charge is -2.24. The van der Waals surface area contributed by atoms with E-state index in [0.29, 0.717) is 10.7 Å². The minimum atomic E-state index is -4.39. The van der Waals surface area contributed by atoms with Crippen LogP contribution >= 0.6 is 23.4 Å². The molecule has 120 valence electrons. The van der Waals surface area contributed by atoms with Crippen LogP contribution in [-0.2, 0) is 11.0 Å². The smallest absolute Gasteiger partial charge is 0.295 e. The van der Waals surface area contributed by atoms with Crippen LogP contribution < -0.4 is 4.90 Å². The van der Waals surface area contributed by atoms with Crippen LogP contribution in [0.25, 0.3) is 0 Å². The molecule has 0 radical (unpaired) electrons. The third-order valence-electron chi connectivity index (χ3n) is 3.50. The van der Waals surface area contributed by atoms with Crippen LogP contribution in [0.3, 0.4) is 0 Å². The maximum absolute atomic E-state index is 12.7. The summed E-state index contributed by atoms with van der Waals surface area (Å²) >= 11 is 7.30. The first-order valence-corrected chi connectivity index (χ1v) is 8.15. The van der Waals surface area contributed by atoms with Gasteiger partial charge in [-0.3, -0.25) is 9.69 Å².